The van der Waals surface area contributed by atoms with Crippen molar-refractivity contribution in [1.82, 2.24) is 10.3 Å². The standard InChI is InChI=1S/C12H12ClF3N2O2/c1-2-10(19)17-4-3-5-20-11-9(13)6-8(7-18-11)12(14,15)16/h2,6-7H,1,3-5H2,(H,17,19). The number of nitrogens with one attached hydrogen (secondary N) is 1. The van der Waals surface area contributed by atoms with E-state index in [-0.39, 0.29) is 23.4 Å². The van der Waals surface area contributed by atoms with Crippen molar-refractivity contribution >= 4 is 17.5 Å². The first kappa shape index (κ1) is 16.3. The normalized spacial score (nSPS) is 11.0. The minimum Gasteiger partial charge on any atom is -0.477 e. The molecule has 0 aliphatic rings. The van der Waals surface area contributed by atoms with Crippen molar-refractivity contribution in [3.05, 3.63) is 35.5 Å². The molecule has 110 valence electrons. The van der Waals surface area contributed by atoms with Crippen LogP contribution in [0.15, 0.2) is 24.9 Å². The number of carbonyl (C=O) groups excluding carboxylic acids is 1. The molecule has 8 heteroatoms. The first-order chi connectivity index (χ1) is 9.34. The van der Waals surface area contributed by atoms with Crippen molar-refractivity contribution in [2.45, 2.75) is 12.6 Å². The average molecular weight is 309 g/mol. The van der Waals surface area contributed by atoms with Crippen LogP contribution < -0.4 is 10.1 Å². The Morgan fingerprint density at radius 2 is 2.25 bits per heavy atom. The van der Waals surface area contributed by atoms with Gasteiger partial charge in [-0.2, -0.15) is 13.2 Å². The highest BCUT2D eigenvalue weighted by Crippen LogP contribution is 2.32. The van der Waals surface area contributed by atoms with Crippen molar-refractivity contribution in [1.29, 1.82) is 0 Å². The zero-order chi connectivity index (χ0) is 15.2. The van der Waals surface area contributed by atoms with Gasteiger partial charge in [0.1, 0.15) is 5.02 Å². The first-order valence-corrected chi connectivity index (χ1v) is 5.98. The van der Waals surface area contributed by atoms with E-state index in [4.69, 9.17) is 16.3 Å². The number of alkyl halides is 3. The summed E-state index contributed by atoms with van der Waals surface area (Å²) >= 11 is 5.65. The predicted molar refractivity (Wildman–Crippen MR) is 67.6 cm³/mol. The maximum Gasteiger partial charge on any atom is 0.417 e. The van der Waals surface area contributed by atoms with Gasteiger partial charge in [-0.1, -0.05) is 18.2 Å². The molecule has 0 radical (unpaired) electrons. The van der Waals surface area contributed by atoms with Crippen molar-refractivity contribution in [2.24, 2.45) is 0 Å². The van der Waals surface area contributed by atoms with E-state index >= 15 is 0 Å². The Labute approximate surface area is 118 Å². The van der Waals surface area contributed by atoms with Crippen LogP contribution in [-0.2, 0) is 11.0 Å². The summed E-state index contributed by atoms with van der Waals surface area (Å²) in [5.74, 6) is -0.384. The summed E-state index contributed by atoms with van der Waals surface area (Å²) < 4.78 is 42.3. The van der Waals surface area contributed by atoms with Crippen LogP contribution in [0.1, 0.15) is 12.0 Å². The molecule has 20 heavy (non-hydrogen) atoms. The lowest BCUT2D eigenvalue weighted by molar-refractivity contribution is -0.137. The van der Waals surface area contributed by atoms with Crippen LogP contribution in [0.4, 0.5) is 13.2 Å². The van der Waals surface area contributed by atoms with Gasteiger partial charge in [0, 0.05) is 12.7 Å². The van der Waals surface area contributed by atoms with Gasteiger partial charge >= 0.3 is 6.18 Å². The molecule has 0 saturated carbocycles. The van der Waals surface area contributed by atoms with Crippen molar-refractivity contribution in [3.8, 4) is 5.88 Å². The quantitative estimate of drug-likeness (QED) is 0.649. The van der Waals surface area contributed by atoms with E-state index in [2.05, 4.69) is 16.9 Å². The summed E-state index contributed by atoms with van der Waals surface area (Å²) in [5, 5.41) is 2.31. The Balaban J connectivity index is 2.45. The number of carbonyl (C=O) groups is 1. The fraction of sp³-hybridized carbons (Fsp3) is 0.333. The molecule has 0 spiro atoms. The number of hydrogen-bond donors (Lipinski definition) is 1. The number of nitrogens with zero attached hydrogens (tertiary/aromatic N) is 1. The minimum absolute atomic E-state index is 0.0743. The first-order valence-electron chi connectivity index (χ1n) is 5.60. The van der Waals surface area contributed by atoms with Crippen molar-refractivity contribution in [3.63, 3.8) is 0 Å². The number of pyridine rings is 1. The largest absolute Gasteiger partial charge is 0.477 e. The zero-order valence-electron chi connectivity index (χ0n) is 10.3. The van der Waals surface area contributed by atoms with Gasteiger partial charge in [-0.3, -0.25) is 4.79 Å². The average Bonchev–Trinajstić information content (AvgIpc) is 2.38. The van der Waals surface area contributed by atoms with Gasteiger partial charge in [-0.15, -0.1) is 0 Å². The highest BCUT2D eigenvalue weighted by Gasteiger charge is 2.31. The number of amides is 1. The smallest absolute Gasteiger partial charge is 0.417 e. The van der Waals surface area contributed by atoms with Crippen molar-refractivity contribution < 1.29 is 22.7 Å². The highest BCUT2D eigenvalue weighted by molar-refractivity contribution is 6.31. The third kappa shape index (κ3) is 5.08. The summed E-state index contributed by atoms with van der Waals surface area (Å²) in [7, 11) is 0. The monoisotopic (exact) mass is 308 g/mol. The van der Waals surface area contributed by atoms with E-state index in [1.165, 1.54) is 0 Å². The summed E-state index contributed by atoms with van der Waals surface area (Å²) in [6, 6.07) is 0.753. The molecule has 1 amide bonds. The molecular formula is C12H12ClF3N2O2. The number of hydrogen-bond acceptors (Lipinski definition) is 3. The molecule has 0 aliphatic heterocycles. The van der Waals surface area contributed by atoms with Crippen LogP contribution in [-0.4, -0.2) is 24.0 Å². The molecule has 0 saturated heterocycles. The summed E-state index contributed by atoms with van der Waals surface area (Å²) in [5.41, 5.74) is -0.937. The van der Waals surface area contributed by atoms with Gasteiger partial charge in [0.15, 0.2) is 0 Å². The van der Waals surface area contributed by atoms with E-state index in [0.717, 1.165) is 12.1 Å². The molecule has 0 aromatic carbocycles. The van der Waals surface area contributed by atoms with Crippen LogP contribution >= 0.6 is 11.6 Å². The van der Waals surface area contributed by atoms with E-state index in [0.29, 0.717) is 19.2 Å². The number of ether oxygens (including phenoxy) is 1. The third-order valence-corrected chi connectivity index (χ3v) is 2.45. The number of halogens is 4. The van der Waals surface area contributed by atoms with Crippen molar-refractivity contribution in [2.75, 3.05) is 13.2 Å². The lowest BCUT2D eigenvalue weighted by atomic mass is 10.3. The van der Waals surface area contributed by atoms with Crippen LogP contribution in [0, 0.1) is 0 Å². The van der Waals surface area contributed by atoms with Gasteiger partial charge in [0.25, 0.3) is 0 Å². The molecule has 1 heterocycles. The molecule has 0 atom stereocenters. The Morgan fingerprint density at radius 3 is 2.80 bits per heavy atom. The van der Waals surface area contributed by atoms with Crippen LogP contribution in [0.5, 0.6) is 5.88 Å². The lowest BCUT2D eigenvalue weighted by Gasteiger charge is -2.10. The third-order valence-electron chi connectivity index (χ3n) is 2.18. The van der Waals surface area contributed by atoms with E-state index in [9.17, 15) is 18.0 Å². The Morgan fingerprint density at radius 1 is 1.55 bits per heavy atom. The number of rotatable bonds is 6. The van der Waals surface area contributed by atoms with E-state index in [1.54, 1.807) is 0 Å². The van der Waals surface area contributed by atoms with Gasteiger partial charge in [0.2, 0.25) is 11.8 Å². The maximum absolute atomic E-state index is 12.4. The Bertz CT molecular complexity index is 492. The van der Waals surface area contributed by atoms with Crippen LogP contribution in [0.3, 0.4) is 0 Å². The van der Waals surface area contributed by atoms with Crippen LogP contribution in [0.2, 0.25) is 5.02 Å². The van der Waals surface area contributed by atoms with Gasteiger partial charge < -0.3 is 10.1 Å². The molecule has 1 rings (SSSR count). The van der Waals surface area contributed by atoms with E-state index in [1.807, 2.05) is 0 Å². The molecular weight excluding hydrogens is 297 g/mol. The molecule has 1 aromatic rings. The fourth-order valence-corrected chi connectivity index (χ4v) is 1.43. The van der Waals surface area contributed by atoms with Gasteiger partial charge in [-0.05, 0) is 18.6 Å². The van der Waals surface area contributed by atoms with Crippen LogP contribution in [0.25, 0.3) is 0 Å². The summed E-state index contributed by atoms with van der Waals surface area (Å²) in [6.45, 7) is 3.80. The molecule has 0 bridgehead atoms. The molecule has 1 N–H and O–H groups in total. The Kier molecular flexibility index (Phi) is 5.82. The molecule has 1 aromatic heterocycles. The fourth-order valence-electron chi connectivity index (χ4n) is 1.21. The maximum atomic E-state index is 12.4. The predicted octanol–water partition coefficient (Wildman–Crippen LogP) is 2.82. The highest BCUT2D eigenvalue weighted by atomic mass is 35.5. The SMILES string of the molecule is C=CC(=O)NCCCOc1ncc(C(F)(F)F)cc1Cl. The lowest BCUT2D eigenvalue weighted by Crippen LogP contribution is -2.23. The molecule has 0 fully saturated rings. The Hall–Kier alpha value is -1.76. The van der Waals surface area contributed by atoms with Gasteiger partial charge in [-0.25, -0.2) is 4.98 Å². The second kappa shape index (κ2) is 7.14. The second-order valence-electron chi connectivity index (χ2n) is 3.71. The zero-order valence-corrected chi connectivity index (χ0v) is 11.1. The number of aromatic nitrogens is 1. The van der Waals surface area contributed by atoms with E-state index < -0.39 is 11.7 Å². The van der Waals surface area contributed by atoms with Gasteiger partial charge in [0.05, 0.1) is 12.2 Å². The topological polar surface area (TPSA) is 51.2 Å². The molecule has 0 aliphatic carbocycles. The molecule has 0 unspecified atom stereocenters. The summed E-state index contributed by atoms with van der Waals surface area (Å²) in [4.78, 5) is 14.3. The minimum atomic E-state index is -4.50. The molecule has 4 nitrogen and oxygen atoms in total. The second-order valence-corrected chi connectivity index (χ2v) is 4.11. The summed E-state index contributed by atoms with van der Waals surface area (Å²) in [6.07, 6.45) is -2.25.